The summed E-state index contributed by atoms with van der Waals surface area (Å²) in [7, 11) is 3.63. The van der Waals surface area contributed by atoms with Crippen LogP contribution in [0.3, 0.4) is 0 Å². The van der Waals surface area contributed by atoms with Crippen molar-refractivity contribution in [3.63, 3.8) is 0 Å². The quantitative estimate of drug-likeness (QED) is 0.892. The van der Waals surface area contributed by atoms with Crippen molar-refractivity contribution >= 4 is 0 Å². The lowest BCUT2D eigenvalue weighted by molar-refractivity contribution is 0.406. The van der Waals surface area contributed by atoms with Crippen LogP contribution in [0.2, 0.25) is 0 Å². The van der Waals surface area contributed by atoms with E-state index in [4.69, 9.17) is 10.00 Å². The number of nitrogens with zero attached hydrogens (tertiary/aromatic N) is 2. The van der Waals surface area contributed by atoms with Gasteiger partial charge in [-0.15, -0.1) is 0 Å². The van der Waals surface area contributed by atoms with Crippen LogP contribution in [0.25, 0.3) is 0 Å². The Balaban J connectivity index is 1.99. The fourth-order valence-corrected chi connectivity index (χ4v) is 2.61. The predicted molar refractivity (Wildman–Crippen MR) is 87.9 cm³/mol. The molecule has 4 nitrogen and oxygen atoms in total. The van der Waals surface area contributed by atoms with Gasteiger partial charge in [-0.25, -0.2) is 0 Å². The minimum Gasteiger partial charge on any atom is -0.496 e. The maximum Gasteiger partial charge on any atom is 0.122 e. The third-order valence-electron chi connectivity index (χ3n) is 4.11. The van der Waals surface area contributed by atoms with Crippen molar-refractivity contribution < 1.29 is 4.74 Å². The van der Waals surface area contributed by atoms with Gasteiger partial charge < -0.3 is 14.6 Å². The lowest BCUT2D eigenvalue weighted by Crippen LogP contribution is -2.27. The van der Waals surface area contributed by atoms with Gasteiger partial charge in [0.05, 0.1) is 7.11 Å². The van der Waals surface area contributed by atoms with E-state index in [0.717, 1.165) is 24.4 Å². The Morgan fingerprint density at radius 3 is 2.68 bits per heavy atom. The van der Waals surface area contributed by atoms with Crippen LogP contribution < -0.4 is 10.1 Å². The van der Waals surface area contributed by atoms with E-state index in [0.29, 0.717) is 11.7 Å². The van der Waals surface area contributed by atoms with Crippen molar-refractivity contribution in [1.82, 2.24) is 9.88 Å². The molecule has 0 bridgehead atoms. The first-order valence-corrected chi connectivity index (χ1v) is 7.47. The third kappa shape index (κ3) is 3.49. The van der Waals surface area contributed by atoms with Gasteiger partial charge in [0.2, 0.25) is 0 Å². The van der Waals surface area contributed by atoms with Crippen LogP contribution in [0.1, 0.15) is 29.4 Å². The Labute approximate surface area is 132 Å². The molecular formula is C18H23N3O. The average molecular weight is 297 g/mol. The van der Waals surface area contributed by atoms with E-state index < -0.39 is 0 Å². The number of aromatic nitrogens is 1. The highest BCUT2D eigenvalue weighted by Crippen LogP contribution is 2.19. The minimum absolute atomic E-state index is 0.321. The summed E-state index contributed by atoms with van der Waals surface area (Å²) >= 11 is 0. The zero-order chi connectivity index (χ0) is 16.1. The molecule has 0 aliphatic carbocycles. The van der Waals surface area contributed by atoms with E-state index in [9.17, 15) is 0 Å². The van der Waals surface area contributed by atoms with Gasteiger partial charge in [-0.2, -0.15) is 5.26 Å². The van der Waals surface area contributed by atoms with Crippen LogP contribution in [0, 0.1) is 18.3 Å². The van der Waals surface area contributed by atoms with Crippen molar-refractivity contribution in [3.05, 3.63) is 52.8 Å². The largest absolute Gasteiger partial charge is 0.496 e. The van der Waals surface area contributed by atoms with Crippen molar-refractivity contribution in [2.75, 3.05) is 7.11 Å². The smallest absolute Gasteiger partial charge is 0.122 e. The van der Waals surface area contributed by atoms with E-state index in [1.54, 1.807) is 7.11 Å². The first kappa shape index (κ1) is 16.1. The summed E-state index contributed by atoms with van der Waals surface area (Å²) in [5, 5.41) is 12.6. The fourth-order valence-electron chi connectivity index (χ4n) is 2.61. The highest BCUT2D eigenvalue weighted by molar-refractivity contribution is 5.35. The molecule has 22 heavy (non-hydrogen) atoms. The fraction of sp³-hybridized carbons (Fsp3) is 0.389. The molecule has 0 radical (unpaired) electrons. The number of methoxy groups -OCH3 is 1. The number of nitrogens with one attached hydrogen (secondary N) is 1. The van der Waals surface area contributed by atoms with Crippen molar-refractivity contribution in [2.24, 2.45) is 7.05 Å². The molecule has 116 valence electrons. The number of para-hydroxylation sites is 1. The number of hydrogen-bond acceptors (Lipinski definition) is 3. The van der Waals surface area contributed by atoms with Gasteiger partial charge in [-0.3, -0.25) is 0 Å². The van der Waals surface area contributed by atoms with E-state index in [1.807, 2.05) is 42.8 Å². The van der Waals surface area contributed by atoms with Gasteiger partial charge in [0.1, 0.15) is 17.5 Å². The van der Waals surface area contributed by atoms with Crippen molar-refractivity contribution in [3.8, 4) is 11.8 Å². The summed E-state index contributed by atoms with van der Waals surface area (Å²) in [5.41, 5.74) is 4.21. The standard InChI is InChI=1S/C18H23N3O/c1-13(9-15-7-5-6-8-18(15)22-4)20-12-16-10-17(11-19)21(3)14(16)2/h5-8,10,13,20H,9,12H2,1-4H3. The Morgan fingerprint density at radius 1 is 1.32 bits per heavy atom. The average Bonchev–Trinajstić information content (AvgIpc) is 2.81. The molecule has 0 fully saturated rings. The van der Waals surface area contributed by atoms with Crippen molar-refractivity contribution in [2.45, 2.75) is 32.9 Å². The molecule has 0 saturated carbocycles. The Bertz CT molecular complexity index is 682. The molecule has 1 heterocycles. The van der Waals surface area contributed by atoms with E-state index in [2.05, 4.69) is 24.4 Å². The monoisotopic (exact) mass is 297 g/mol. The Hall–Kier alpha value is -2.25. The van der Waals surface area contributed by atoms with Crippen LogP contribution in [0.5, 0.6) is 5.75 Å². The molecule has 0 aliphatic rings. The van der Waals surface area contributed by atoms with E-state index >= 15 is 0 Å². The van der Waals surface area contributed by atoms with Gasteiger partial charge in [0.15, 0.2) is 0 Å². The first-order chi connectivity index (χ1) is 10.6. The highest BCUT2D eigenvalue weighted by atomic mass is 16.5. The Kier molecular flexibility index (Phi) is 5.24. The molecule has 2 rings (SSSR count). The minimum atomic E-state index is 0.321. The molecule has 0 aliphatic heterocycles. The van der Waals surface area contributed by atoms with Crippen molar-refractivity contribution in [1.29, 1.82) is 5.26 Å². The molecule has 1 N–H and O–H groups in total. The molecular weight excluding hydrogens is 274 g/mol. The van der Waals surface area contributed by atoms with Gasteiger partial charge in [-0.05, 0) is 43.5 Å². The van der Waals surface area contributed by atoms with E-state index in [-0.39, 0.29) is 0 Å². The molecule has 2 aromatic rings. The lowest BCUT2D eigenvalue weighted by atomic mass is 10.1. The van der Waals surface area contributed by atoms with Gasteiger partial charge in [0.25, 0.3) is 0 Å². The second-order valence-corrected chi connectivity index (χ2v) is 5.61. The molecule has 1 aromatic carbocycles. The summed E-state index contributed by atoms with van der Waals surface area (Å²) in [6.45, 7) is 4.97. The zero-order valence-electron chi connectivity index (χ0n) is 13.7. The van der Waals surface area contributed by atoms with Crippen LogP contribution >= 0.6 is 0 Å². The summed E-state index contributed by atoms with van der Waals surface area (Å²) in [5.74, 6) is 0.929. The molecule has 1 unspecified atom stereocenters. The van der Waals surface area contributed by atoms with Crippen LogP contribution in [-0.4, -0.2) is 17.7 Å². The topological polar surface area (TPSA) is 50.0 Å². The molecule has 1 aromatic heterocycles. The highest BCUT2D eigenvalue weighted by Gasteiger charge is 2.11. The maximum atomic E-state index is 9.08. The van der Waals surface area contributed by atoms with Gasteiger partial charge in [-0.1, -0.05) is 18.2 Å². The number of hydrogen-bond donors (Lipinski definition) is 1. The maximum absolute atomic E-state index is 9.08. The molecule has 0 spiro atoms. The van der Waals surface area contributed by atoms with E-state index in [1.165, 1.54) is 11.1 Å². The number of rotatable bonds is 6. The van der Waals surface area contributed by atoms with Crippen LogP contribution in [-0.2, 0) is 20.0 Å². The SMILES string of the molecule is COc1ccccc1CC(C)NCc1cc(C#N)n(C)c1C. The normalized spacial score (nSPS) is 12.0. The first-order valence-electron chi connectivity index (χ1n) is 7.47. The van der Waals surface area contributed by atoms with Gasteiger partial charge >= 0.3 is 0 Å². The second kappa shape index (κ2) is 7.15. The van der Waals surface area contributed by atoms with Gasteiger partial charge in [0, 0.05) is 25.3 Å². The second-order valence-electron chi connectivity index (χ2n) is 5.61. The zero-order valence-corrected chi connectivity index (χ0v) is 13.7. The molecule has 4 heteroatoms. The summed E-state index contributed by atoms with van der Waals surface area (Å²) < 4.78 is 7.33. The molecule has 0 saturated heterocycles. The lowest BCUT2D eigenvalue weighted by Gasteiger charge is -2.16. The van der Waals surface area contributed by atoms with Crippen LogP contribution in [0.15, 0.2) is 30.3 Å². The molecule has 1 atom stereocenters. The number of ether oxygens (including phenoxy) is 1. The molecule has 0 amide bonds. The third-order valence-corrected chi connectivity index (χ3v) is 4.11. The summed E-state index contributed by atoms with van der Waals surface area (Å²) in [6, 6.07) is 12.6. The number of benzene rings is 1. The summed E-state index contributed by atoms with van der Waals surface area (Å²) in [6.07, 6.45) is 0.904. The van der Waals surface area contributed by atoms with Crippen LogP contribution in [0.4, 0.5) is 0 Å². The Morgan fingerprint density at radius 2 is 2.05 bits per heavy atom. The summed E-state index contributed by atoms with van der Waals surface area (Å²) in [4.78, 5) is 0. The predicted octanol–water partition coefficient (Wildman–Crippen LogP) is 2.93. The number of nitriles is 1.